The van der Waals surface area contributed by atoms with Gasteiger partial charge in [0.15, 0.2) is 5.16 Å². The number of ether oxygens (including phenoxy) is 1. The fourth-order valence-electron chi connectivity index (χ4n) is 2.61. The lowest BCUT2D eigenvalue weighted by Crippen LogP contribution is -2.35. The number of hydrogen-bond donors (Lipinski definition) is 2. The first kappa shape index (κ1) is 23.2. The number of amides is 2. The van der Waals surface area contributed by atoms with Gasteiger partial charge in [0.05, 0.1) is 0 Å². The van der Waals surface area contributed by atoms with E-state index in [9.17, 15) is 14.0 Å². The van der Waals surface area contributed by atoms with Crippen molar-refractivity contribution < 1.29 is 13.9 Å². The number of carbonyl (C=O) groups excluding carboxylic acids is 1. The summed E-state index contributed by atoms with van der Waals surface area (Å²) in [4.78, 5) is 28.7. The molecule has 0 saturated heterocycles. The van der Waals surface area contributed by atoms with Gasteiger partial charge < -0.3 is 15.4 Å². The van der Waals surface area contributed by atoms with Crippen LogP contribution in [0.3, 0.4) is 0 Å². The molecule has 7 nitrogen and oxygen atoms in total. The predicted molar refractivity (Wildman–Crippen MR) is 115 cm³/mol. The van der Waals surface area contributed by atoms with Crippen LogP contribution < -0.4 is 20.9 Å². The Morgan fingerprint density at radius 2 is 2.07 bits per heavy atom. The van der Waals surface area contributed by atoms with Gasteiger partial charge in [-0.2, -0.15) is 4.98 Å². The van der Waals surface area contributed by atoms with E-state index in [1.165, 1.54) is 23.9 Å². The summed E-state index contributed by atoms with van der Waals surface area (Å²) in [5.41, 5.74) is 1.02. The Morgan fingerprint density at radius 3 is 2.69 bits per heavy atom. The summed E-state index contributed by atoms with van der Waals surface area (Å²) in [6.07, 6.45) is 1.84. The van der Waals surface area contributed by atoms with Crippen molar-refractivity contribution in [3.05, 3.63) is 50.0 Å². The molecular formula is C19H24BrFN4O3S. The smallest absolute Gasteiger partial charge is 0.315 e. The Bertz CT molecular complexity index is 936. The summed E-state index contributed by atoms with van der Waals surface area (Å²) >= 11 is 4.63. The molecule has 0 aliphatic carbocycles. The van der Waals surface area contributed by atoms with Gasteiger partial charge in [0, 0.05) is 19.1 Å². The molecule has 0 aliphatic heterocycles. The second-order valence-corrected chi connectivity index (χ2v) is 7.97. The van der Waals surface area contributed by atoms with Crippen LogP contribution in [0.2, 0.25) is 0 Å². The highest BCUT2D eigenvalue weighted by molar-refractivity contribution is 9.10. The van der Waals surface area contributed by atoms with Crippen LogP contribution in [-0.4, -0.2) is 28.4 Å². The number of rotatable bonds is 8. The number of aromatic nitrogens is 2. The summed E-state index contributed by atoms with van der Waals surface area (Å²) in [5.74, 6) is -0.242. The van der Waals surface area contributed by atoms with Crippen molar-refractivity contribution in [2.75, 3.05) is 12.8 Å². The number of hydrogen-bond acceptors (Lipinski definition) is 5. The molecule has 0 radical (unpaired) electrons. The number of nitrogens with zero attached hydrogens (tertiary/aromatic N) is 2. The molecule has 1 aromatic heterocycles. The van der Waals surface area contributed by atoms with Crippen LogP contribution in [-0.2, 0) is 13.2 Å². The maximum Gasteiger partial charge on any atom is 0.315 e. The monoisotopic (exact) mass is 486 g/mol. The number of thioether (sulfide) groups is 1. The molecule has 1 aromatic carbocycles. The van der Waals surface area contributed by atoms with Gasteiger partial charge in [-0.3, -0.25) is 9.36 Å². The summed E-state index contributed by atoms with van der Waals surface area (Å²) in [5, 5.41) is 5.83. The van der Waals surface area contributed by atoms with Crippen molar-refractivity contribution in [3.8, 4) is 5.88 Å². The van der Waals surface area contributed by atoms with Crippen LogP contribution in [0, 0.1) is 5.82 Å². The number of halogens is 2. The van der Waals surface area contributed by atoms with Crippen molar-refractivity contribution in [1.29, 1.82) is 0 Å². The van der Waals surface area contributed by atoms with Gasteiger partial charge in [0.25, 0.3) is 5.56 Å². The van der Waals surface area contributed by atoms with E-state index in [4.69, 9.17) is 4.74 Å². The minimum atomic E-state index is -0.412. The molecule has 10 heteroatoms. The molecule has 158 valence electrons. The van der Waals surface area contributed by atoms with Crippen LogP contribution in [0.15, 0.2) is 32.6 Å². The largest absolute Gasteiger partial charge is 0.472 e. The molecule has 0 fully saturated rings. The lowest BCUT2D eigenvalue weighted by Gasteiger charge is -2.17. The van der Waals surface area contributed by atoms with Crippen molar-refractivity contribution >= 4 is 33.7 Å². The summed E-state index contributed by atoms with van der Waals surface area (Å²) in [6, 6.07) is 3.86. The Kier molecular flexibility index (Phi) is 8.51. The van der Waals surface area contributed by atoms with Gasteiger partial charge in [-0.05, 0) is 66.2 Å². The lowest BCUT2D eigenvalue weighted by molar-refractivity contribution is 0.240. The third kappa shape index (κ3) is 5.96. The Hall–Kier alpha value is -2.07. The van der Waals surface area contributed by atoms with E-state index >= 15 is 0 Å². The maximum absolute atomic E-state index is 13.7. The average Bonchev–Trinajstić information content (AvgIpc) is 2.68. The molecule has 2 N–H and O–H groups in total. The zero-order valence-corrected chi connectivity index (χ0v) is 19.1. The van der Waals surface area contributed by atoms with Gasteiger partial charge in [-0.25, -0.2) is 9.18 Å². The van der Waals surface area contributed by atoms with Gasteiger partial charge >= 0.3 is 6.03 Å². The minimum Gasteiger partial charge on any atom is -0.472 e. The first-order valence-electron chi connectivity index (χ1n) is 9.06. The molecule has 0 unspecified atom stereocenters. The van der Waals surface area contributed by atoms with E-state index in [1.807, 2.05) is 27.0 Å². The number of carbonyl (C=O) groups is 1. The standard InChI is InChI=1S/C19H24BrFN4O3S/c1-5-22-18(27)23-9-13-8-14(21)7-6-12(13)10-28-16-15(20)17(26)25(11(2)3)19(24-16)29-4/h6-8,11H,5,9-10H2,1-4H3,(H2,22,23,27). The third-order valence-corrected chi connectivity index (χ3v) is 5.34. The highest BCUT2D eigenvalue weighted by Gasteiger charge is 2.18. The summed E-state index contributed by atoms with van der Waals surface area (Å²) < 4.78 is 21.3. The minimum absolute atomic E-state index is 0.0492. The third-order valence-electron chi connectivity index (χ3n) is 4.01. The van der Waals surface area contributed by atoms with E-state index in [0.29, 0.717) is 22.8 Å². The zero-order chi connectivity index (χ0) is 21.6. The molecule has 0 atom stereocenters. The number of nitrogens with one attached hydrogen (secondary N) is 2. The SMILES string of the molecule is CCNC(=O)NCc1cc(F)ccc1COc1nc(SC)n(C(C)C)c(=O)c1Br. The van der Waals surface area contributed by atoms with Crippen LogP contribution in [0.5, 0.6) is 5.88 Å². The second-order valence-electron chi connectivity index (χ2n) is 6.40. The summed E-state index contributed by atoms with van der Waals surface area (Å²) in [6.45, 7) is 6.32. The molecule has 0 saturated carbocycles. The normalized spacial score (nSPS) is 10.9. The van der Waals surface area contributed by atoms with Crippen molar-refractivity contribution in [2.24, 2.45) is 0 Å². The lowest BCUT2D eigenvalue weighted by atomic mass is 10.1. The van der Waals surface area contributed by atoms with Crippen LogP contribution in [0.25, 0.3) is 0 Å². The van der Waals surface area contributed by atoms with Crippen molar-refractivity contribution in [3.63, 3.8) is 0 Å². The Morgan fingerprint density at radius 1 is 1.34 bits per heavy atom. The average molecular weight is 487 g/mol. The molecular weight excluding hydrogens is 463 g/mol. The van der Waals surface area contributed by atoms with Gasteiger partial charge in [0.2, 0.25) is 5.88 Å². The van der Waals surface area contributed by atoms with Gasteiger partial charge in [-0.15, -0.1) is 0 Å². The van der Waals surface area contributed by atoms with Crippen LogP contribution in [0.4, 0.5) is 9.18 Å². The van der Waals surface area contributed by atoms with E-state index in [2.05, 4.69) is 31.5 Å². The number of benzene rings is 1. The van der Waals surface area contributed by atoms with E-state index in [-0.39, 0.29) is 41.1 Å². The Labute approximate surface area is 181 Å². The number of urea groups is 1. The van der Waals surface area contributed by atoms with E-state index < -0.39 is 5.82 Å². The highest BCUT2D eigenvalue weighted by Crippen LogP contribution is 2.25. The molecule has 0 bridgehead atoms. The molecule has 29 heavy (non-hydrogen) atoms. The molecule has 2 rings (SSSR count). The molecule has 2 aromatic rings. The van der Waals surface area contributed by atoms with Crippen molar-refractivity contribution in [2.45, 2.75) is 45.1 Å². The van der Waals surface area contributed by atoms with Crippen molar-refractivity contribution in [1.82, 2.24) is 20.2 Å². The maximum atomic E-state index is 13.7. The molecule has 2 amide bonds. The first-order valence-corrected chi connectivity index (χ1v) is 11.1. The van der Waals surface area contributed by atoms with Gasteiger partial charge in [0.1, 0.15) is 16.9 Å². The predicted octanol–water partition coefficient (Wildman–Crippen LogP) is 3.85. The first-order chi connectivity index (χ1) is 13.8. The molecule has 0 spiro atoms. The van der Waals surface area contributed by atoms with Crippen LogP contribution >= 0.6 is 27.7 Å². The fraction of sp³-hybridized carbons (Fsp3) is 0.421. The second kappa shape index (κ2) is 10.6. The summed E-state index contributed by atoms with van der Waals surface area (Å²) in [7, 11) is 0. The van der Waals surface area contributed by atoms with E-state index in [1.54, 1.807) is 10.6 Å². The molecule has 0 aliphatic rings. The topological polar surface area (TPSA) is 85.2 Å². The quantitative estimate of drug-likeness (QED) is 0.437. The highest BCUT2D eigenvalue weighted by atomic mass is 79.9. The Balaban J connectivity index is 2.25. The molecule has 1 heterocycles. The fourth-order valence-corrected chi connectivity index (χ4v) is 3.67. The van der Waals surface area contributed by atoms with E-state index in [0.717, 1.165) is 0 Å². The van der Waals surface area contributed by atoms with Gasteiger partial charge in [-0.1, -0.05) is 17.8 Å². The van der Waals surface area contributed by atoms with Crippen LogP contribution in [0.1, 0.15) is 37.9 Å². The zero-order valence-electron chi connectivity index (χ0n) is 16.7.